The number of halogens is 1. The molecule has 0 bridgehead atoms. The molecular formula is C21H21ClN2O3. The summed E-state index contributed by atoms with van der Waals surface area (Å²) in [5, 5.41) is 5.19. The predicted molar refractivity (Wildman–Crippen MR) is 110 cm³/mol. The van der Waals surface area contributed by atoms with Gasteiger partial charge in [0.1, 0.15) is 11.3 Å². The topological polar surface area (TPSA) is 68.3 Å². The van der Waals surface area contributed by atoms with Crippen LogP contribution in [0.3, 0.4) is 0 Å². The molecule has 0 unspecified atom stereocenters. The van der Waals surface area contributed by atoms with E-state index < -0.39 is 0 Å². The lowest BCUT2D eigenvalue weighted by Gasteiger charge is -2.03. The minimum Gasteiger partial charge on any atom is -0.454 e. The first-order chi connectivity index (χ1) is 12.6. The zero-order valence-corrected chi connectivity index (χ0v) is 16.3. The van der Waals surface area contributed by atoms with Crippen LogP contribution >= 0.6 is 12.4 Å². The number of fused-ring (bicyclic) bond motifs is 2. The summed E-state index contributed by atoms with van der Waals surface area (Å²) in [6.07, 6.45) is 1.88. The Hall–Kier alpha value is -2.63. The fraction of sp³-hybridized carbons (Fsp3) is 0.238. The lowest BCUT2D eigenvalue weighted by atomic mass is 10.1. The SMILES string of the molecule is CCNCc1cnc(C)c2oc(-c3cc(=O)oc4cc(C)ccc34)cc12.Cl. The first-order valence-corrected chi connectivity index (χ1v) is 8.70. The van der Waals surface area contributed by atoms with Crippen LogP contribution in [0, 0.1) is 13.8 Å². The van der Waals surface area contributed by atoms with Crippen molar-refractivity contribution in [2.75, 3.05) is 6.54 Å². The lowest BCUT2D eigenvalue weighted by molar-refractivity contribution is 0.559. The van der Waals surface area contributed by atoms with Crippen LogP contribution in [0.15, 0.2) is 50.2 Å². The van der Waals surface area contributed by atoms with E-state index in [1.807, 2.05) is 44.3 Å². The number of aromatic nitrogens is 1. The van der Waals surface area contributed by atoms with Crippen LogP contribution in [0.2, 0.25) is 0 Å². The molecule has 3 aromatic heterocycles. The van der Waals surface area contributed by atoms with E-state index in [9.17, 15) is 4.79 Å². The molecule has 4 aromatic rings. The summed E-state index contributed by atoms with van der Waals surface area (Å²) in [5.41, 5.74) is 4.61. The van der Waals surface area contributed by atoms with Crippen molar-refractivity contribution in [1.82, 2.24) is 10.3 Å². The number of nitrogens with zero attached hydrogens (tertiary/aromatic N) is 1. The largest absolute Gasteiger partial charge is 0.454 e. The first-order valence-electron chi connectivity index (χ1n) is 8.70. The minimum absolute atomic E-state index is 0. The van der Waals surface area contributed by atoms with Crippen LogP contribution in [0.4, 0.5) is 0 Å². The molecule has 27 heavy (non-hydrogen) atoms. The van der Waals surface area contributed by atoms with Crippen LogP contribution < -0.4 is 10.9 Å². The lowest BCUT2D eigenvalue weighted by Crippen LogP contribution is -2.12. The van der Waals surface area contributed by atoms with E-state index >= 15 is 0 Å². The number of rotatable bonds is 4. The first kappa shape index (κ1) is 19.1. The highest BCUT2D eigenvalue weighted by Crippen LogP contribution is 2.34. The van der Waals surface area contributed by atoms with Crippen molar-refractivity contribution in [3.63, 3.8) is 0 Å². The molecule has 6 heteroatoms. The van der Waals surface area contributed by atoms with Gasteiger partial charge in [-0.25, -0.2) is 4.79 Å². The van der Waals surface area contributed by atoms with Crippen LogP contribution in [-0.2, 0) is 6.54 Å². The highest BCUT2D eigenvalue weighted by atomic mass is 35.5. The van der Waals surface area contributed by atoms with E-state index in [1.165, 1.54) is 6.07 Å². The van der Waals surface area contributed by atoms with Crippen molar-refractivity contribution in [3.05, 3.63) is 63.8 Å². The molecule has 140 valence electrons. The van der Waals surface area contributed by atoms with Gasteiger partial charge in [-0.3, -0.25) is 4.98 Å². The van der Waals surface area contributed by atoms with Crippen LogP contribution in [0.5, 0.6) is 0 Å². The van der Waals surface area contributed by atoms with E-state index in [4.69, 9.17) is 8.83 Å². The Bertz CT molecular complexity index is 1180. The highest BCUT2D eigenvalue weighted by Gasteiger charge is 2.16. The summed E-state index contributed by atoms with van der Waals surface area (Å²) in [6, 6.07) is 9.30. The Morgan fingerprint density at radius 3 is 2.67 bits per heavy atom. The minimum atomic E-state index is -0.388. The maximum Gasteiger partial charge on any atom is 0.336 e. The van der Waals surface area contributed by atoms with Gasteiger partial charge in [-0.05, 0) is 43.7 Å². The Morgan fingerprint density at radius 1 is 1.07 bits per heavy atom. The van der Waals surface area contributed by atoms with Gasteiger partial charge < -0.3 is 14.2 Å². The second kappa shape index (κ2) is 7.55. The van der Waals surface area contributed by atoms with Gasteiger partial charge in [-0.15, -0.1) is 12.4 Å². The second-order valence-electron chi connectivity index (χ2n) is 6.48. The number of nitrogens with one attached hydrogen (secondary N) is 1. The summed E-state index contributed by atoms with van der Waals surface area (Å²) in [7, 11) is 0. The van der Waals surface area contributed by atoms with E-state index in [-0.39, 0.29) is 18.0 Å². The van der Waals surface area contributed by atoms with Gasteiger partial charge in [0.15, 0.2) is 5.58 Å². The highest BCUT2D eigenvalue weighted by molar-refractivity contribution is 5.95. The quantitative estimate of drug-likeness (QED) is 0.514. The van der Waals surface area contributed by atoms with Crippen molar-refractivity contribution in [3.8, 4) is 11.3 Å². The Kier molecular flexibility index (Phi) is 5.35. The summed E-state index contributed by atoms with van der Waals surface area (Å²) in [4.78, 5) is 16.5. The number of aryl methyl sites for hydroxylation is 2. The van der Waals surface area contributed by atoms with Gasteiger partial charge >= 0.3 is 5.63 Å². The van der Waals surface area contributed by atoms with Crippen molar-refractivity contribution >= 4 is 34.3 Å². The van der Waals surface area contributed by atoms with Crippen molar-refractivity contribution in [2.24, 2.45) is 0 Å². The average molecular weight is 385 g/mol. The average Bonchev–Trinajstić information content (AvgIpc) is 3.06. The zero-order valence-electron chi connectivity index (χ0n) is 15.5. The van der Waals surface area contributed by atoms with Gasteiger partial charge in [0.25, 0.3) is 0 Å². The fourth-order valence-corrected chi connectivity index (χ4v) is 3.21. The van der Waals surface area contributed by atoms with Crippen LogP contribution in [-0.4, -0.2) is 11.5 Å². The van der Waals surface area contributed by atoms with Gasteiger partial charge in [-0.2, -0.15) is 0 Å². The third-order valence-electron chi connectivity index (χ3n) is 4.55. The van der Waals surface area contributed by atoms with Crippen molar-refractivity contribution in [2.45, 2.75) is 27.3 Å². The number of pyridine rings is 1. The van der Waals surface area contributed by atoms with Crippen LogP contribution in [0.1, 0.15) is 23.7 Å². The number of hydrogen-bond acceptors (Lipinski definition) is 5. The molecule has 1 N–H and O–H groups in total. The normalized spacial score (nSPS) is 11.1. The van der Waals surface area contributed by atoms with E-state index in [1.54, 1.807) is 0 Å². The summed E-state index contributed by atoms with van der Waals surface area (Å²) in [6.45, 7) is 7.56. The van der Waals surface area contributed by atoms with Crippen molar-refractivity contribution in [1.29, 1.82) is 0 Å². The van der Waals surface area contributed by atoms with E-state index in [0.29, 0.717) is 11.3 Å². The molecule has 0 fully saturated rings. The maximum absolute atomic E-state index is 12.0. The molecular weight excluding hydrogens is 364 g/mol. The molecule has 0 saturated heterocycles. The molecule has 0 amide bonds. The monoisotopic (exact) mass is 384 g/mol. The molecule has 0 aliphatic heterocycles. The summed E-state index contributed by atoms with van der Waals surface area (Å²) < 4.78 is 11.5. The van der Waals surface area contributed by atoms with Gasteiger partial charge in [-0.1, -0.05) is 19.1 Å². The number of hydrogen-bond donors (Lipinski definition) is 1. The summed E-state index contributed by atoms with van der Waals surface area (Å²) in [5.74, 6) is 0.649. The Morgan fingerprint density at radius 2 is 1.89 bits per heavy atom. The molecule has 3 heterocycles. The molecule has 0 radical (unpaired) electrons. The number of furan rings is 1. The standard InChI is InChI=1S/C21H20N2O3.ClH/c1-4-22-10-14-11-23-13(3)21-16(14)8-19(26-21)17-9-20(24)25-18-7-12(2)5-6-15(17)18;/h5-9,11,22H,4,10H2,1-3H3;1H. The third-order valence-corrected chi connectivity index (χ3v) is 4.55. The smallest absolute Gasteiger partial charge is 0.336 e. The molecule has 0 atom stereocenters. The molecule has 0 saturated carbocycles. The van der Waals surface area contributed by atoms with Crippen LogP contribution in [0.25, 0.3) is 33.3 Å². The molecule has 0 spiro atoms. The van der Waals surface area contributed by atoms with E-state index in [0.717, 1.165) is 51.8 Å². The summed E-state index contributed by atoms with van der Waals surface area (Å²) >= 11 is 0. The molecule has 5 nitrogen and oxygen atoms in total. The fourth-order valence-electron chi connectivity index (χ4n) is 3.21. The number of benzene rings is 1. The van der Waals surface area contributed by atoms with Gasteiger partial charge in [0, 0.05) is 35.1 Å². The zero-order chi connectivity index (χ0) is 18.3. The Balaban J connectivity index is 0.00000210. The Labute approximate surface area is 162 Å². The maximum atomic E-state index is 12.0. The van der Waals surface area contributed by atoms with Crippen molar-refractivity contribution < 1.29 is 8.83 Å². The predicted octanol–water partition coefficient (Wildman–Crippen LogP) is 4.75. The molecule has 4 rings (SSSR count). The third kappa shape index (κ3) is 3.48. The molecule has 1 aromatic carbocycles. The molecule has 0 aliphatic rings. The molecule has 0 aliphatic carbocycles. The van der Waals surface area contributed by atoms with Gasteiger partial charge in [0.05, 0.1) is 5.69 Å². The second-order valence-corrected chi connectivity index (χ2v) is 6.48. The van der Waals surface area contributed by atoms with E-state index in [2.05, 4.69) is 17.2 Å². The van der Waals surface area contributed by atoms with Gasteiger partial charge in [0.2, 0.25) is 0 Å².